The van der Waals surface area contributed by atoms with Gasteiger partial charge in [-0.3, -0.25) is 19.8 Å². The van der Waals surface area contributed by atoms with E-state index in [-0.39, 0.29) is 11.6 Å². The highest BCUT2D eigenvalue weighted by Gasteiger charge is 2.26. The predicted octanol–water partition coefficient (Wildman–Crippen LogP) is 3.89. The topological polar surface area (TPSA) is 32.3 Å². The highest BCUT2D eigenvalue weighted by molar-refractivity contribution is 5.33. The predicted molar refractivity (Wildman–Crippen MR) is 97.2 cm³/mol. The van der Waals surface area contributed by atoms with Crippen LogP contribution in [0.3, 0.4) is 0 Å². The summed E-state index contributed by atoms with van der Waals surface area (Å²) >= 11 is 0. The van der Waals surface area contributed by atoms with Crippen LogP contribution in [0.25, 0.3) is 0 Å². The van der Waals surface area contributed by atoms with Crippen molar-refractivity contribution in [2.45, 2.75) is 66.0 Å². The molecule has 4 rings (SSSR count). The molecule has 0 aliphatic carbocycles. The molecule has 6 heteroatoms. The number of hydrogen-bond acceptors (Lipinski definition) is 4. The number of rotatable bonds is 2. The first-order valence-corrected chi connectivity index (χ1v) is 9.09. The maximum absolute atomic E-state index is 13.3. The molecule has 4 nitrogen and oxygen atoms in total. The summed E-state index contributed by atoms with van der Waals surface area (Å²) in [5, 5.41) is 0. The maximum Gasteiger partial charge on any atom is 0.128 e. The monoisotopic (exact) mass is 360 g/mol. The number of halogens is 2. The second-order valence-electron chi connectivity index (χ2n) is 7.43. The smallest absolute Gasteiger partial charge is 0.128 e. The van der Waals surface area contributed by atoms with Crippen LogP contribution in [0.5, 0.6) is 0 Å². The fourth-order valence-corrected chi connectivity index (χ4v) is 3.27. The van der Waals surface area contributed by atoms with Crippen LogP contribution in [0.15, 0.2) is 24.5 Å². The maximum atomic E-state index is 13.3. The summed E-state index contributed by atoms with van der Waals surface area (Å²) in [6.07, 6.45) is 3.53. The molecule has 1 aromatic heterocycles. The molecular formula is C20H26F2N4. The Labute approximate surface area is 153 Å². The summed E-state index contributed by atoms with van der Waals surface area (Å²) < 4.78 is 26.6. The van der Waals surface area contributed by atoms with Crippen molar-refractivity contribution in [1.29, 1.82) is 0 Å². The third-order valence-electron chi connectivity index (χ3n) is 5.07. The van der Waals surface area contributed by atoms with Gasteiger partial charge in [-0.15, -0.1) is 0 Å². The number of benzene rings is 1. The van der Waals surface area contributed by atoms with Crippen LogP contribution in [0.4, 0.5) is 8.78 Å². The van der Waals surface area contributed by atoms with Gasteiger partial charge >= 0.3 is 0 Å². The van der Waals surface area contributed by atoms with E-state index >= 15 is 0 Å². The fraction of sp³-hybridized carbons (Fsp3) is 0.500. The standard InChI is InChI=1S/C11H13F2N.C9H13N3/c1-7(2)14-5-8-9(6-14)11(13)4-3-10(8)12;1-7(2)12-5-8-9(6-12)11-4-3-10-8/h3-4,7H,5-6H2,1-2H3;3-4,7H,5-6H2,1-2H3. The van der Waals surface area contributed by atoms with E-state index in [1.807, 2.05) is 13.8 Å². The largest absolute Gasteiger partial charge is 0.292 e. The van der Waals surface area contributed by atoms with Gasteiger partial charge in [-0.05, 0) is 39.8 Å². The molecule has 2 aliphatic rings. The summed E-state index contributed by atoms with van der Waals surface area (Å²) in [6.45, 7) is 11.4. The van der Waals surface area contributed by atoms with Crippen molar-refractivity contribution in [2.75, 3.05) is 0 Å². The molecule has 0 saturated heterocycles. The lowest BCUT2D eigenvalue weighted by molar-refractivity contribution is 0.224. The van der Waals surface area contributed by atoms with Crippen molar-refractivity contribution < 1.29 is 8.78 Å². The van der Waals surface area contributed by atoms with E-state index in [0.29, 0.717) is 36.3 Å². The molecule has 2 aliphatic heterocycles. The molecule has 2 aromatic rings. The molecule has 0 spiro atoms. The summed E-state index contributed by atoms with van der Waals surface area (Å²) in [5.41, 5.74) is 3.34. The van der Waals surface area contributed by atoms with Crippen molar-refractivity contribution in [1.82, 2.24) is 19.8 Å². The molecule has 0 bridgehead atoms. The Balaban J connectivity index is 0.000000152. The van der Waals surface area contributed by atoms with E-state index in [4.69, 9.17) is 0 Å². The quantitative estimate of drug-likeness (QED) is 0.813. The van der Waals surface area contributed by atoms with Gasteiger partial charge in [0.15, 0.2) is 0 Å². The molecule has 0 fully saturated rings. The summed E-state index contributed by atoms with van der Waals surface area (Å²) in [4.78, 5) is 13.0. The molecule has 0 radical (unpaired) electrons. The highest BCUT2D eigenvalue weighted by atomic mass is 19.1. The minimum atomic E-state index is -0.287. The van der Waals surface area contributed by atoms with E-state index in [0.717, 1.165) is 24.5 Å². The first-order valence-electron chi connectivity index (χ1n) is 9.09. The van der Waals surface area contributed by atoms with Gasteiger partial charge < -0.3 is 0 Å². The van der Waals surface area contributed by atoms with E-state index in [9.17, 15) is 8.78 Å². The number of aromatic nitrogens is 2. The molecule has 0 N–H and O–H groups in total. The van der Waals surface area contributed by atoms with Crippen LogP contribution in [-0.4, -0.2) is 31.9 Å². The molecule has 0 unspecified atom stereocenters. The Morgan fingerprint density at radius 1 is 0.731 bits per heavy atom. The molecule has 26 heavy (non-hydrogen) atoms. The first-order chi connectivity index (χ1) is 12.4. The lowest BCUT2D eigenvalue weighted by Crippen LogP contribution is -2.24. The van der Waals surface area contributed by atoms with Crippen LogP contribution in [0.1, 0.15) is 50.2 Å². The Bertz CT molecular complexity index is 720. The van der Waals surface area contributed by atoms with Crippen molar-refractivity contribution in [3.8, 4) is 0 Å². The first kappa shape index (κ1) is 18.9. The van der Waals surface area contributed by atoms with Crippen molar-refractivity contribution in [2.24, 2.45) is 0 Å². The third-order valence-corrected chi connectivity index (χ3v) is 5.07. The zero-order valence-corrected chi connectivity index (χ0v) is 15.8. The second kappa shape index (κ2) is 7.76. The zero-order chi connectivity index (χ0) is 18.8. The van der Waals surface area contributed by atoms with Gasteiger partial charge in [-0.1, -0.05) is 0 Å². The summed E-state index contributed by atoms with van der Waals surface area (Å²) in [7, 11) is 0. The SMILES string of the molecule is CC(C)N1Cc2c(F)ccc(F)c2C1.CC(C)N1Cc2nccnc2C1. The molecule has 0 amide bonds. The van der Waals surface area contributed by atoms with Gasteiger partial charge in [0.05, 0.1) is 11.4 Å². The van der Waals surface area contributed by atoms with E-state index in [1.165, 1.54) is 12.1 Å². The van der Waals surface area contributed by atoms with Crippen LogP contribution in [0.2, 0.25) is 0 Å². The summed E-state index contributed by atoms with van der Waals surface area (Å²) in [5.74, 6) is -0.575. The Hall–Kier alpha value is -1.92. The number of hydrogen-bond donors (Lipinski definition) is 0. The fourth-order valence-electron chi connectivity index (χ4n) is 3.27. The minimum Gasteiger partial charge on any atom is -0.292 e. The Morgan fingerprint density at radius 2 is 1.12 bits per heavy atom. The van der Waals surface area contributed by atoms with Gasteiger partial charge in [0.25, 0.3) is 0 Å². The average molecular weight is 360 g/mol. The van der Waals surface area contributed by atoms with Gasteiger partial charge in [0, 0.05) is 61.8 Å². The number of nitrogens with zero attached hydrogens (tertiary/aromatic N) is 4. The third kappa shape index (κ3) is 3.91. The molecular weight excluding hydrogens is 334 g/mol. The van der Waals surface area contributed by atoms with Gasteiger partial charge in [0.1, 0.15) is 11.6 Å². The van der Waals surface area contributed by atoms with E-state index < -0.39 is 0 Å². The lowest BCUT2D eigenvalue weighted by atomic mass is 10.1. The van der Waals surface area contributed by atoms with Crippen LogP contribution in [0, 0.1) is 11.6 Å². The van der Waals surface area contributed by atoms with Crippen molar-refractivity contribution in [3.05, 3.63) is 58.7 Å². The van der Waals surface area contributed by atoms with E-state index in [1.54, 1.807) is 12.4 Å². The van der Waals surface area contributed by atoms with Crippen LogP contribution in [-0.2, 0) is 26.2 Å². The average Bonchev–Trinajstić information content (AvgIpc) is 3.24. The highest BCUT2D eigenvalue weighted by Crippen LogP contribution is 2.28. The van der Waals surface area contributed by atoms with Crippen molar-refractivity contribution >= 4 is 0 Å². The van der Waals surface area contributed by atoms with Gasteiger partial charge in [-0.2, -0.15) is 0 Å². The summed E-state index contributed by atoms with van der Waals surface area (Å²) in [6, 6.07) is 3.32. The van der Waals surface area contributed by atoms with Crippen LogP contribution >= 0.6 is 0 Å². The Kier molecular flexibility index (Phi) is 5.63. The minimum absolute atomic E-state index is 0.287. The molecule has 1 aromatic carbocycles. The second-order valence-corrected chi connectivity index (χ2v) is 7.43. The van der Waals surface area contributed by atoms with Crippen LogP contribution < -0.4 is 0 Å². The molecule has 0 saturated carbocycles. The van der Waals surface area contributed by atoms with Gasteiger partial charge in [0.2, 0.25) is 0 Å². The van der Waals surface area contributed by atoms with Gasteiger partial charge in [-0.25, -0.2) is 8.78 Å². The number of fused-ring (bicyclic) bond motifs is 2. The van der Waals surface area contributed by atoms with Crippen molar-refractivity contribution in [3.63, 3.8) is 0 Å². The normalized spacial score (nSPS) is 16.6. The van der Waals surface area contributed by atoms with E-state index in [2.05, 4.69) is 33.6 Å². The molecule has 3 heterocycles. The lowest BCUT2D eigenvalue weighted by Gasteiger charge is -2.18. The molecule has 0 atom stereocenters. The zero-order valence-electron chi connectivity index (χ0n) is 15.8. The Morgan fingerprint density at radius 3 is 1.50 bits per heavy atom. The molecule has 140 valence electrons.